The molecule has 1 atom stereocenters. The number of halogens is 1. The number of benzene rings is 2. The van der Waals surface area contributed by atoms with E-state index in [1.807, 2.05) is 55.5 Å². The van der Waals surface area contributed by atoms with Crippen molar-refractivity contribution >= 4 is 34.8 Å². The second kappa shape index (κ2) is 7.72. The Balaban J connectivity index is 1.77. The predicted molar refractivity (Wildman–Crippen MR) is 104 cm³/mol. The van der Waals surface area contributed by atoms with Crippen LogP contribution in [0.2, 0.25) is 5.02 Å². The summed E-state index contributed by atoms with van der Waals surface area (Å²) < 4.78 is 0. The minimum atomic E-state index is -1.03. The molecule has 3 aromatic rings. The molecule has 6 heteroatoms. The fourth-order valence-corrected chi connectivity index (χ4v) is 3.52. The minimum Gasteiger partial charge on any atom is -0.477 e. The molecule has 0 radical (unpaired) electrons. The van der Waals surface area contributed by atoms with E-state index in [-0.39, 0.29) is 16.8 Å². The Morgan fingerprint density at radius 1 is 1.00 bits per heavy atom. The van der Waals surface area contributed by atoms with Gasteiger partial charge in [-0.05, 0) is 53.9 Å². The topological polar surface area (TPSA) is 66.4 Å². The van der Waals surface area contributed by atoms with Gasteiger partial charge in [0.05, 0.1) is 10.9 Å². The summed E-state index contributed by atoms with van der Waals surface area (Å²) in [5.74, 6) is -1.32. The van der Waals surface area contributed by atoms with Crippen LogP contribution in [0.5, 0.6) is 0 Å². The molecule has 1 amide bonds. The molecule has 26 heavy (non-hydrogen) atoms. The highest BCUT2D eigenvalue weighted by atomic mass is 35.5. The van der Waals surface area contributed by atoms with E-state index in [1.165, 1.54) is 12.1 Å². The number of carboxylic acid groups (broad SMARTS) is 1. The van der Waals surface area contributed by atoms with Crippen LogP contribution in [0.25, 0.3) is 11.1 Å². The van der Waals surface area contributed by atoms with Gasteiger partial charge in [0.1, 0.15) is 4.88 Å². The van der Waals surface area contributed by atoms with E-state index >= 15 is 0 Å². The van der Waals surface area contributed by atoms with Crippen LogP contribution in [0.4, 0.5) is 0 Å². The maximum absolute atomic E-state index is 12.4. The lowest BCUT2D eigenvalue weighted by molar-refractivity contribution is 0.0702. The van der Waals surface area contributed by atoms with Crippen LogP contribution in [0.3, 0.4) is 0 Å². The van der Waals surface area contributed by atoms with Crippen molar-refractivity contribution in [2.24, 2.45) is 0 Å². The molecule has 0 saturated carbocycles. The van der Waals surface area contributed by atoms with Crippen LogP contribution in [-0.4, -0.2) is 17.0 Å². The van der Waals surface area contributed by atoms with Crippen molar-refractivity contribution in [3.05, 3.63) is 81.0 Å². The van der Waals surface area contributed by atoms with E-state index in [9.17, 15) is 9.59 Å². The maximum atomic E-state index is 12.4. The second-order valence-electron chi connectivity index (χ2n) is 5.80. The molecule has 3 rings (SSSR count). The van der Waals surface area contributed by atoms with Crippen LogP contribution < -0.4 is 5.32 Å². The van der Waals surface area contributed by atoms with Crippen LogP contribution >= 0.6 is 22.9 Å². The fraction of sp³-hybridized carbons (Fsp3) is 0.100. The highest BCUT2D eigenvalue weighted by molar-refractivity contribution is 7.15. The minimum absolute atomic E-state index is 0.144. The standard InChI is InChI=1S/C20H16ClNO3S/c1-12(22-19(23)17-8-9-18(26-17)20(24)25)13-4-2-5-14(10-13)15-6-3-7-16(21)11-15/h2-12H,1H3,(H,22,23)(H,24,25). The van der Waals surface area contributed by atoms with Gasteiger partial charge in [-0.2, -0.15) is 0 Å². The number of nitrogens with one attached hydrogen (secondary N) is 1. The largest absolute Gasteiger partial charge is 0.477 e. The van der Waals surface area contributed by atoms with Crippen molar-refractivity contribution in [2.75, 3.05) is 0 Å². The van der Waals surface area contributed by atoms with Crippen LogP contribution in [0.1, 0.15) is 37.9 Å². The fourth-order valence-electron chi connectivity index (χ4n) is 2.58. The quantitative estimate of drug-likeness (QED) is 0.629. The number of thiophene rings is 1. The Morgan fingerprint density at radius 3 is 2.31 bits per heavy atom. The maximum Gasteiger partial charge on any atom is 0.345 e. The molecule has 2 N–H and O–H groups in total. The van der Waals surface area contributed by atoms with E-state index in [0.29, 0.717) is 9.90 Å². The van der Waals surface area contributed by atoms with Crippen molar-refractivity contribution in [1.82, 2.24) is 5.32 Å². The molecule has 1 heterocycles. The van der Waals surface area contributed by atoms with Crippen LogP contribution in [0.15, 0.2) is 60.7 Å². The Hall–Kier alpha value is -2.63. The van der Waals surface area contributed by atoms with E-state index in [1.54, 1.807) is 0 Å². The molecule has 132 valence electrons. The summed E-state index contributed by atoms with van der Waals surface area (Å²) in [6.07, 6.45) is 0. The zero-order valence-electron chi connectivity index (χ0n) is 13.9. The number of hydrogen-bond acceptors (Lipinski definition) is 3. The van der Waals surface area contributed by atoms with Gasteiger partial charge in [0.15, 0.2) is 0 Å². The zero-order chi connectivity index (χ0) is 18.7. The number of carboxylic acids is 1. The first-order valence-corrected chi connectivity index (χ1v) is 9.13. The average Bonchev–Trinajstić information content (AvgIpc) is 3.12. The summed E-state index contributed by atoms with van der Waals surface area (Å²) >= 11 is 7.02. The van der Waals surface area contributed by atoms with E-state index < -0.39 is 5.97 Å². The molecule has 0 aliphatic rings. The molecule has 0 bridgehead atoms. The Morgan fingerprint density at radius 2 is 1.65 bits per heavy atom. The Kier molecular flexibility index (Phi) is 5.40. The molecule has 4 nitrogen and oxygen atoms in total. The number of aromatic carboxylic acids is 1. The first-order valence-electron chi connectivity index (χ1n) is 7.94. The third-order valence-corrected chi connectivity index (χ3v) is 5.24. The highest BCUT2D eigenvalue weighted by Gasteiger charge is 2.16. The number of carbonyl (C=O) groups is 2. The summed E-state index contributed by atoms with van der Waals surface area (Å²) in [6, 6.07) is 18.2. The van der Waals surface area contributed by atoms with E-state index in [4.69, 9.17) is 16.7 Å². The summed E-state index contributed by atoms with van der Waals surface area (Å²) in [6.45, 7) is 1.89. The van der Waals surface area contributed by atoms with Crippen LogP contribution in [-0.2, 0) is 0 Å². The number of carbonyl (C=O) groups excluding carboxylic acids is 1. The van der Waals surface area contributed by atoms with Gasteiger partial charge in [-0.3, -0.25) is 4.79 Å². The molecule has 0 aliphatic carbocycles. The van der Waals surface area contributed by atoms with Gasteiger partial charge in [0.25, 0.3) is 5.91 Å². The average molecular weight is 386 g/mol. The van der Waals surface area contributed by atoms with Crippen molar-refractivity contribution < 1.29 is 14.7 Å². The number of amides is 1. The van der Waals surface area contributed by atoms with E-state index in [0.717, 1.165) is 28.0 Å². The van der Waals surface area contributed by atoms with Crippen molar-refractivity contribution in [1.29, 1.82) is 0 Å². The summed E-state index contributed by atoms with van der Waals surface area (Å²) in [7, 11) is 0. The summed E-state index contributed by atoms with van der Waals surface area (Å²) in [5.41, 5.74) is 2.96. The van der Waals surface area contributed by atoms with Gasteiger partial charge in [0.2, 0.25) is 0 Å². The summed E-state index contributed by atoms with van der Waals surface area (Å²) in [5, 5.41) is 12.5. The smallest absolute Gasteiger partial charge is 0.345 e. The lowest BCUT2D eigenvalue weighted by Crippen LogP contribution is -2.25. The monoisotopic (exact) mass is 385 g/mol. The zero-order valence-corrected chi connectivity index (χ0v) is 15.5. The Bertz CT molecular complexity index is 967. The van der Waals surface area contributed by atoms with Gasteiger partial charge < -0.3 is 10.4 Å². The summed E-state index contributed by atoms with van der Waals surface area (Å²) in [4.78, 5) is 23.8. The molecule has 0 aliphatic heterocycles. The van der Waals surface area contributed by atoms with Gasteiger partial charge in [-0.1, -0.05) is 41.9 Å². The van der Waals surface area contributed by atoms with Crippen molar-refractivity contribution in [3.63, 3.8) is 0 Å². The first-order chi connectivity index (χ1) is 12.4. The normalized spacial score (nSPS) is 11.8. The van der Waals surface area contributed by atoms with Crippen molar-refractivity contribution in [2.45, 2.75) is 13.0 Å². The third-order valence-electron chi connectivity index (χ3n) is 3.93. The molecule has 2 aromatic carbocycles. The molecule has 0 spiro atoms. The molecular formula is C20H16ClNO3S. The predicted octanol–water partition coefficient (Wildman–Crippen LogP) is 5.26. The second-order valence-corrected chi connectivity index (χ2v) is 7.32. The SMILES string of the molecule is CC(NC(=O)c1ccc(C(=O)O)s1)c1cccc(-c2cccc(Cl)c2)c1. The van der Waals surface area contributed by atoms with E-state index in [2.05, 4.69) is 5.32 Å². The lowest BCUT2D eigenvalue weighted by Gasteiger charge is -2.15. The first kappa shape index (κ1) is 18.2. The van der Waals surface area contributed by atoms with Gasteiger partial charge in [-0.25, -0.2) is 4.79 Å². The third kappa shape index (κ3) is 4.12. The molecule has 0 saturated heterocycles. The van der Waals surface area contributed by atoms with Gasteiger partial charge in [-0.15, -0.1) is 11.3 Å². The Labute approximate surface area is 160 Å². The molecule has 0 fully saturated rings. The molecular weight excluding hydrogens is 370 g/mol. The highest BCUT2D eigenvalue weighted by Crippen LogP contribution is 2.26. The van der Waals surface area contributed by atoms with Crippen LogP contribution in [0, 0.1) is 0 Å². The number of hydrogen-bond donors (Lipinski definition) is 2. The van der Waals surface area contributed by atoms with Crippen molar-refractivity contribution in [3.8, 4) is 11.1 Å². The molecule has 1 unspecified atom stereocenters. The molecule has 1 aromatic heterocycles. The number of rotatable bonds is 5. The lowest BCUT2D eigenvalue weighted by atomic mass is 10.00. The van der Waals surface area contributed by atoms with Gasteiger partial charge in [0, 0.05) is 5.02 Å². The van der Waals surface area contributed by atoms with Gasteiger partial charge >= 0.3 is 5.97 Å².